The number of nitrogens with one attached hydrogen (secondary N) is 4. The highest BCUT2D eigenvalue weighted by atomic mass is 16.4. The zero-order chi connectivity index (χ0) is 21.4. The van der Waals surface area contributed by atoms with E-state index in [1.165, 1.54) is 11.2 Å². The van der Waals surface area contributed by atoms with Crippen molar-refractivity contribution in [2.75, 3.05) is 13.1 Å². The van der Waals surface area contributed by atoms with Crippen LogP contribution < -0.4 is 22.1 Å². The van der Waals surface area contributed by atoms with Crippen LogP contribution in [-0.4, -0.2) is 74.9 Å². The molecule has 0 spiro atoms. The quantitative estimate of drug-likeness (QED) is 0.132. The van der Waals surface area contributed by atoms with Gasteiger partial charge in [-0.05, 0) is 25.7 Å². The molecule has 1 aliphatic heterocycles. The molecule has 12 nitrogen and oxygen atoms in total. The van der Waals surface area contributed by atoms with Gasteiger partial charge in [0.25, 0.3) is 0 Å². The molecule has 0 bridgehead atoms. The van der Waals surface area contributed by atoms with Gasteiger partial charge >= 0.3 is 5.97 Å². The molecule has 2 amide bonds. The Bertz CT molecular complexity index is 723. The van der Waals surface area contributed by atoms with Crippen molar-refractivity contribution in [1.29, 1.82) is 5.41 Å². The molecule has 1 saturated heterocycles. The third-order valence-electron chi connectivity index (χ3n) is 4.74. The molecule has 1 fully saturated rings. The zero-order valence-electron chi connectivity index (χ0n) is 16.1. The second kappa shape index (κ2) is 10.4. The van der Waals surface area contributed by atoms with Crippen LogP contribution >= 0.6 is 0 Å². The number of imidazole rings is 1. The lowest BCUT2D eigenvalue weighted by Gasteiger charge is -2.27. The fourth-order valence-electron chi connectivity index (χ4n) is 3.29. The van der Waals surface area contributed by atoms with Gasteiger partial charge in [-0.2, -0.15) is 0 Å². The number of aromatic nitrogens is 2. The van der Waals surface area contributed by atoms with Crippen molar-refractivity contribution in [3.63, 3.8) is 0 Å². The summed E-state index contributed by atoms with van der Waals surface area (Å²) >= 11 is 0. The number of carbonyl (C=O) groups excluding carboxylic acids is 2. The molecule has 0 aliphatic carbocycles. The van der Waals surface area contributed by atoms with Crippen LogP contribution in [0.25, 0.3) is 0 Å². The van der Waals surface area contributed by atoms with Crippen LogP contribution in [0.3, 0.4) is 0 Å². The van der Waals surface area contributed by atoms with Gasteiger partial charge in [0.05, 0.1) is 18.1 Å². The number of carboxylic acids is 1. The topological polar surface area (TPSA) is 203 Å². The van der Waals surface area contributed by atoms with Crippen LogP contribution in [0.5, 0.6) is 0 Å². The highest BCUT2D eigenvalue weighted by Gasteiger charge is 2.37. The van der Waals surface area contributed by atoms with Gasteiger partial charge in [-0.25, -0.2) is 9.78 Å². The van der Waals surface area contributed by atoms with E-state index in [9.17, 15) is 19.5 Å². The smallest absolute Gasteiger partial charge is 0.326 e. The summed E-state index contributed by atoms with van der Waals surface area (Å²) < 4.78 is 0. The average molecular weight is 408 g/mol. The molecule has 1 aromatic heterocycles. The maximum Gasteiger partial charge on any atom is 0.326 e. The normalized spacial score (nSPS) is 18.1. The Morgan fingerprint density at radius 2 is 2.21 bits per heavy atom. The van der Waals surface area contributed by atoms with Crippen molar-refractivity contribution >= 4 is 23.7 Å². The lowest BCUT2D eigenvalue weighted by Crippen LogP contribution is -2.54. The van der Waals surface area contributed by atoms with E-state index in [-0.39, 0.29) is 24.7 Å². The van der Waals surface area contributed by atoms with Crippen LogP contribution in [0.2, 0.25) is 0 Å². The Morgan fingerprint density at radius 1 is 1.45 bits per heavy atom. The SMILES string of the molecule is N=C(N)NCCC[C@H](NC(=O)[C@@H]1CCCN1C(=O)[C@@H](N)Cc1c[nH]cn1)C(=O)O. The van der Waals surface area contributed by atoms with Crippen molar-refractivity contribution in [3.8, 4) is 0 Å². The molecule has 3 atom stereocenters. The summed E-state index contributed by atoms with van der Waals surface area (Å²) in [5, 5.41) is 21.5. The lowest BCUT2D eigenvalue weighted by atomic mass is 10.1. The average Bonchev–Trinajstić information content (AvgIpc) is 3.34. The molecule has 12 heteroatoms. The number of hydrogen-bond donors (Lipinski definition) is 7. The second-order valence-electron chi connectivity index (χ2n) is 6.94. The minimum Gasteiger partial charge on any atom is -0.480 e. The van der Waals surface area contributed by atoms with E-state index in [1.807, 2.05) is 0 Å². The summed E-state index contributed by atoms with van der Waals surface area (Å²) in [6, 6.07) is -2.67. The Morgan fingerprint density at radius 3 is 2.83 bits per heavy atom. The van der Waals surface area contributed by atoms with Crippen LogP contribution in [0.15, 0.2) is 12.5 Å². The number of likely N-dealkylation sites (tertiary alicyclic amines) is 1. The minimum absolute atomic E-state index is 0.167. The van der Waals surface area contributed by atoms with Gasteiger partial charge in [-0.1, -0.05) is 0 Å². The Balaban J connectivity index is 1.92. The van der Waals surface area contributed by atoms with E-state index in [4.69, 9.17) is 16.9 Å². The van der Waals surface area contributed by atoms with Crippen LogP contribution in [0, 0.1) is 5.41 Å². The summed E-state index contributed by atoms with van der Waals surface area (Å²) in [4.78, 5) is 45.1. The number of amides is 2. The van der Waals surface area contributed by atoms with Gasteiger partial charge in [0.15, 0.2) is 5.96 Å². The number of nitrogens with zero attached hydrogens (tertiary/aromatic N) is 2. The van der Waals surface area contributed by atoms with Crippen molar-refractivity contribution in [2.24, 2.45) is 11.5 Å². The van der Waals surface area contributed by atoms with Crippen molar-refractivity contribution in [1.82, 2.24) is 25.5 Å². The number of hydrogen-bond acceptors (Lipinski definition) is 6. The monoisotopic (exact) mass is 408 g/mol. The first-order valence-corrected chi connectivity index (χ1v) is 9.44. The van der Waals surface area contributed by atoms with Gasteiger partial charge in [0, 0.05) is 25.7 Å². The Labute approximate surface area is 167 Å². The Hall–Kier alpha value is -3.15. The van der Waals surface area contributed by atoms with E-state index in [0.29, 0.717) is 38.0 Å². The summed E-state index contributed by atoms with van der Waals surface area (Å²) in [6.07, 6.45) is 5.05. The number of carbonyl (C=O) groups is 3. The first kappa shape index (κ1) is 22.1. The van der Waals surface area contributed by atoms with E-state index in [2.05, 4.69) is 20.6 Å². The number of rotatable bonds is 10. The van der Waals surface area contributed by atoms with E-state index < -0.39 is 30.0 Å². The summed E-state index contributed by atoms with van der Waals surface area (Å²) in [5.41, 5.74) is 11.8. The number of guanidine groups is 1. The van der Waals surface area contributed by atoms with E-state index in [1.54, 1.807) is 6.20 Å². The molecular weight excluding hydrogens is 380 g/mol. The number of aromatic amines is 1. The van der Waals surface area contributed by atoms with Gasteiger partial charge < -0.3 is 37.1 Å². The fraction of sp³-hybridized carbons (Fsp3) is 0.588. The number of H-pyrrole nitrogens is 1. The van der Waals surface area contributed by atoms with Crippen LogP contribution in [0.4, 0.5) is 0 Å². The predicted octanol–water partition coefficient (Wildman–Crippen LogP) is -1.90. The molecule has 1 aliphatic rings. The molecule has 2 heterocycles. The molecular formula is C17H28N8O4. The number of aliphatic carboxylic acids is 1. The second-order valence-corrected chi connectivity index (χ2v) is 6.94. The summed E-state index contributed by atoms with van der Waals surface area (Å²) in [7, 11) is 0. The molecule has 160 valence electrons. The number of nitrogens with two attached hydrogens (primary N) is 2. The molecule has 0 unspecified atom stereocenters. The molecule has 0 saturated carbocycles. The largest absolute Gasteiger partial charge is 0.480 e. The highest BCUT2D eigenvalue weighted by molar-refractivity contribution is 5.92. The van der Waals surface area contributed by atoms with Crippen LogP contribution in [-0.2, 0) is 20.8 Å². The van der Waals surface area contributed by atoms with Crippen molar-refractivity contribution in [2.45, 2.75) is 50.2 Å². The van der Waals surface area contributed by atoms with Gasteiger partial charge in [-0.3, -0.25) is 15.0 Å². The van der Waals surface area contributed by atoms with E-state index in [0.717, 1.165) is 0 Å². The maximum atomic E-state index is 12.7. The molecule has 0 radical (unpaired) electrons. The van der Waals surface area contributed by atoms with Crippen molar-refractivity contribution < 1.29 is 19.5 Å². The first-order valence-electron chi connectivity index (χ1n) is 9.44. The van der Waals surface area contributed by atoms with Gasteiger partial charge in [-0.15, -0.1) is 0 Å². The van der Waals surface area contributed by atoms with Gasteiger partial charge in [0.1, 0.15) is 12.1 Å². The van der Waals surface area contributed by atoms with Crippen molar-refractivity contribution in [3.05, 3.63) is 18.2 Å². The first-order chi connectivity index (χ1) is 13.8. The fourth-order valence-corrected chi connectivity index (χ4v) is 3.29. The van der Waals surface area contributed by atoms with E-state index >= 15 is 0 Å². The standard InChI is InChI=1S/C17H28N8O4/c18-11(7-10-8-21-9-23-10)15(27)25-6-2-4-13(25)14(26)24-12(16(28)29)3-1-5-22-17(19)20/h8-9,11-13H,1-7,18H2,(H,21,23)(H,24,26)(H,28,29)(H4,19,20,22)/t11-,12-,13-/m0/s1. The highest BCUT2D eigenvalue weighted by Crippen LogP contribution is 2.19. The molecule has 2 rings (SSSR count). The van der Waals surface area contributed by atoms with Crippen LogP contribution in [0.1, 0.15) is 31.4 Å². The third kappa shape index (κ3) is 6.45. The summed E-state index contributed by atoms with van der Waals surface area (Å²) in [5.74, 6) is -2.22. The number of carboxylic acid groups (broad SMARTS) is 1. The Kier molecular flexibility index (Phi) is 7.95. The third-order valence-corrected chi connectivity index (χ3v) is 4.74. The maximum absolute atomic E-state index is 12.7. The molecule has 29 heavy (non-hydrogen) atoms. The minimum atomic E-state index is -1.16. The predicted molar refractivity (Wildman–Crippen MR) is 104 cm³/mol. The molecule has 0 aromatic carbocycles. The lowest BCUT2D eigenvalue weighted by molar-refractivity contribution is -0.144. The molecule has 1 aromatic rings. The molecule has 9 N–H and O–H groups in total. The summed E-state index contributed by atoms with van der Waals surface area (Å²) in [6.45, 7) is 0.719. The van der Waals surface area contributed by atoms with Gasteiger partial charge in [0.2, 0.25) is 11.8 Å². The zero-order valence-corrected chi connectivity index (χ0v) is 16.1.